The molecule has 26 heavy (non-hydrogen) atoms. The standard InChI is InChI=1S/C19H27N5O2/c1-13-21-16-10-14(7-8-17(16)23(13)4)11-20-18(25)15-6-5-9-24(12-15)19(26)22(2)3/h7-8,10,15H,5-6,9,11-12H2,1-4H3,(H,20,25)/t15-/m1/s1. The maximum Gasteiger partial charge on any atom is 0.319 e. The first kappa shape index (κ1) is 18.2. The van der Waals surface area contributed by atoms with E-state index in [1.807, 2.05) is 32.2 Å². The van der Waals surface area contributed by atoms with E-state index < -0.39 is 0 Å². The van der Waals surface area contributed by atoms with Gasteiger partial charge in [-0.2, -0.15) is 0 Å². The molecule has 0 saturated carbocycles. The molecule has 1 fully saturated rings. The zero-order chi connectivity index (χ0) is 18.8. The Morgan fingerprint density at radius 2 is 2.12 bits per heavy atom. The van der Waals surface area contributed by atoms with Crippen LogP contribution in [0.15, 0.2) is 18.2 Å². The van der Waals surface area contributed by atoms with Crippen molar-refractivity contribution in [3.63, 3.8) is 0 Å². The number of carbonyl (C=O) groups excluding carboxylic acids is 2. The van der Waals surface area contributed by atoms with Gasteiger partial charge in [0, 0.05) is 40.8 Å². The normalized spacial score (nSPS) is 17.4. The maximum absolute atomic E-state index is 12.5. The molecule has 1 aromatic carbocycles. The lowest BCUT2D eigenvalue weighted by molar-refractivity contribution is -0.126. The topological polar surface area (TPSA) is 70.5 Å². The number of hydrogen-bond donors (Lipinski definition) is 1. The van der Waals surface area contributed by atoms with E-state index in [9.17, 15) is 9.59 Å². The van der Waals surface area contributed by atoms with Crippen molar-refractivity contribution < 1.29 is 9.59 Å². The summed E-state index contributed by atoms with van der Waals surface area (Å²) in [5.41, 5.74) is 3.06. The number of nitrogens with zero attached hydrogens (tertiary/aromatic N) is 4. The van der Waals surface area contributed by atoms with Gasteiger partial charge in [0.15, 0.2) is 0 Å². The van der Waals surface area contributed by atoms with E-state index in [0.29, 0.717) is 13.1 Å². The smallest absolute Gasteiger partial charge is 0.319 e. The number of fused-ring (bicyclic) bond motifs is 1. The molecule has 0 radical (unpaired) electrons. The molecular formula is C19H27N5O2. The van der Waals surface area contributed by atoms with Crippen LogP contribution < -0.4 is 5.32 Å². The summed E-state index contributed by atoms with van der Waals surface area (Å²) in [6.07, 6.45) is 1.68. The maximum atomic E-state index is 12.5. The highest BCUT2D eigenvalue weighted by Gasteiger charge is 2.28. The number of aryl methyl sites for hydroxylation is 2. The van der Waals surface area contributed by atoms with Gasteiger partial charge in [-0.05, 0) is 37.5 Å². The first-order valence-corrected chi connectivity index (χ1v) is 9.02. The summed E-state index contributed by atoms with van der Waals surface area (Å²) in [6, 6.07) is 6.05. The number of carbonyl (C=O) groups is 2. The van der Waals surface area contributed by atoms with Gasteiger partial charge in [-0.3, -0.25) is 4.79 Å². The lowest BCUT2D eigenvalue weighted by Crippen LogP contribution is -2.48. The summed E-state index contributed by atoms with van der Waals surface area (Å²) in [6.45, 7) is 3.66. The Bertz CT molecular complexity index is 827. The third-order valence-corrected chi connectivity index (χ3v) is 5.08. The molecule has 140 valence electrons. The number of likely N-dealkylation sites (tertiary alicyclic amines) is 1. The first-order chi connectivity index (χ1) is 12.4. The molecule has 2 heterocycles. The molecule has 7 heteroatoms. The molecule has 1 N–H and O–H groups in total. The SMILES string of the molecule is Cc1nc2cc(CNC(=O)[C@@H]3CCCN(C(=O)N(C)C)C3)ccc2n1C. The van der Waals surface area contributed by atoms with Gasteiger partial charge >= 0.3 is 6.03 Å². The number of imidazole rings is 1. The lowest BCUT2D eigenvalue weighted by atomic mass is 9.97. The molecule has 1 aromatic heterocycles. The predicted octanol–water partition coefficient (Wildman–Crippen LogP) is 1.89. The summed E-state index contributed by atoms with van der Waals surface area (Å²) in [5, 5.41) is 3.02. The number of urea groups is 1. The number of piperidine rings is 1. The molecule has 0 unspecified atom stereocenters. The minimum atomic E-state index is -0.145. The van der Waals surface area contributed by atoms with Gasteiger partial charge in [0.05, 0.1) is 17.0 Å². The van der Waals surface area contributed by atoms with Crippen molar-refractivity contribution in [2.75, 3.05) is 27.2 Å². The van der Waals surface area contributed by atoms with Crippen molar-refractivity contribution >= 4 is 23.0 Å². The van der Waals surface area contributed by atoms with E-state index in [-0.39, 0.29) is 17.9 Å². The summed E-state index contributed by atoms with van der Waals surface area (Å²) >= 11 is 0. The number of amides is 3. The molecule has 0 spiro atoms. The number of aromatic nitrogens is 2. The van der Waals surface area contributed by atoms with Crippen LogP contribution in [0.4, 0.5) is 4.79 Å². The number of benzene rings is 1. The fraction of sp³-hybridized carbons (Fsp3) is 0.526. The highest BCUT2D eigenvalue weighted by molar-refractivity contribution is 5.81. The van der Waals surface area contributed by atoms with Crippen LogP contribution in [-0.4, -0.2) is 58.5 Å². The van der Waals surface area contributed by atoms with Gasteiger partial charge in [0.2, 0.25) is 5.91 Å². The second kappa shape index (κ2) is 7.35. The molecule has 1 atom stereocenters. The van der Waals surface area contributed by atoms with E-state index in [0.717, 1.165) is 41.8 Å². The second-order valence-corrected chi connectivity index (χ2v) is 7.22. The third kappa shape index (κ3) is 3.66. The lowest BCUT2D eigenvalue weighted by Gasteiger charge is -2.33. The van der Waals surface area contributed by atoms with Gasteiger partial charge < -0.3 is 19.7 Å². The van der Waals surface area contributed by atoms with E-state index in [1.165, 1.54) is 0 Å². The Morgan fingerprint density at radius 3 is 2.85 bits per heavy atom. The molecule has 1 aliphatic rings. The van der Waals surface area contributed by atoms with E-state index >= 15 is 0 Å². The first-order valence-electron chi connectivity index (χ1n) is 9.02. The second-order valence-electron chi connectivity index (χ2n) is 7.22. The predicted molar refractivity (Wildman–Crippen MR) is 101 cm³/mol. The van der Waals surface area contributed by atoms with Gasteiger partial charge in [-0.1, -0.05) is 6.07 Å². The number of hydrogen-bond acceptors (Lipinski definition) is 3. The summed E-state index contributed by atoms with van der Waals surface area (Å²) in [7, 11) is 5.47. The molecule has 0 aliphatic carbocycles. The quantitative estimate of drug-likeness (QED) is 0.912. The summed E-state index contributed by atoms with van der Waals surface area (Å²) in [4.78, 5) is 32.5. The van der Waals surface area contributed by atoms with Crippen molar-refractivity contribution in [2.45, 2.75) is 26.3 Å². The molecule has 7 nitrogen and oxygen atoms in total. The van der Waals surface area contributed by atoms with Crippen LogP contribution in [0.1, 0.15) is 24.2 Å². The van der Waals surface area contributed by atoms with E-state index in [4.69, 9.17) is 0 Å². The zero-order valence-electron chi connectivity index (χ0n) is 16.0. The molecule has 3 amide bonds. The van der Waals surface area contributed by atoms with Crippen LogP contribution in [-0.2, 0) is 18.4 Å². The van der Waals surface area contributed by atoms with Crippen LogP contribution in [0.25, 0.3) is 11.0 Å². The average Bonchev–Trinajstić information content (AvgIpc) is 2.92. The van der Waals surface area contributed by atoms with Crippen molar-refractivity contribution in [3.8, 4) is 0 Å². The zero-order valence-corrected chi connectivity index (χ0v) is 16.0. The molecular weight excluding hydrogens is 330 g/mol. The molecule has 2 aromatic rings. The molecule has 0 bridgehead atoms. The summed E-state index contributed by atoms with van der Waals surface area (Å²) < 4.78 is 2.05. The highest BCUT2D eigenvalue weighted by atomic mass is 16.2. The molecule has 1 aliphatic heterocycles. The molecule has 1 saturated heterocycles. The van der Waals surface area contributed by atoms with Crippen LogP contribution in [0.5, 0.6) is 0 Å². The largest absolute Gasteiger partial charge is 0.352 e. The fourth-order valence-electron chi connectivity index (χ4n) is 3.46. The van der Waals surface area contributed by atoms with E-state index in [1.54, 1.807) is 23.9 Å². The van der Waals surface area contributed by atoms with Crippen LogP contribution in [0.2, 0.25) is 0 Å². The Morgan fingerprint density at radius 1 is 1.35 bits per heavy atom. The van der Waals surface area contributed by atoms with Gasteiger partial charge in [0.1, 0.15) is 5.82 Å². The Hall–Kier alpha value is -2.57. The minimum Gasteiger partial charge on any atom is -0.352 e. The summed E-state index contributed by atoms with van der Waals surface area (Å²) in [5.74, 6) is 0.834. The van der Waals surface area contributed by atoms with Crippen LogP contribution in [0, 0.1) is 12.8 Å². The van der Waals surface area contributed by atoms with Crippen molar-refractivity contribution in [1.29, 1.82) is 0 Å². The monoisotopic (exact) mass is 357 g/mol. The Balaban J connectivity index is 1.60. The van der Waals surface area contributed by atoms with Crippen molar-refractivity contribution in [3.05, 3.63) is 29.6 Å². The third-order valence-electron chi connectivity index (χ3n) is 5.08. The van der Waals surface area contributed by atoms with Gasteiger partial charge in [0.25, 0.3) is 0 Å². The number of nitrogens with one attached hydrogen (secondary N) is 1. The number of rotatable bonds is 3. The van der Waals surface area contributed by atoms with Crippen molar-refractivity contribution in [2.24, 2.45) is 13.0 Å². The molecule has 3 rings (SSSR count). The Labute approximate surface area is 154 Å². The average molecular weight is 357 g/mol. The van der Waals surface area contributed by atoms with Crippen LogP contribution >= 0.6 is 0 Å². The highest BCUT2D eigenvalue weighted by Crippen LogP contribution is 2.19. The minimum absolute atomic E-state index is 0.0126. The van der Waals surface area contributed by atoms with Crippen molar-refractivity contribution in [1.82, 2.24) is 24.7 Å². The fourth-order valence-corrected chi connectivity index (χ4v) is 3.46. The van der Waals surface area contributed by atoms with Crippen LogP contribution in [0.3, 0.4) is 0 Å². The van der Waals surface area contributed by atoms with Gasteiger partial charge in [-0.15, -0.1) is 0 Å². The van der Waals surface area contributed by atoms with E-state index in [2.05, 4.69) is 14.9 Å². The Kier molecular flexibility index (Phi) is 5.15. The van der Waals surface area contributed by atoms with Gasteiger partial charge in [-0.25, -0.2) is 9.78 Å².